The average Bonchev–Trinajstić information content (AvgIpc) is 3.42. The summed E-state index contributed by atoms with van der Waals surface area (Å²) in [5.41, 5.74) is 2.23. The van der Waals surface area contributed by atoms with Gasteiger partial charge >= 0.3 is 0 Å². The maximum absolute atomic E-state index is 12.9. The Labute approximate surface area is 170 Å². The predicted molar refractivity (Wildman–Crippen MR) is 112 cm³/mol. The lowest BCUT2D eigenvalue weighted by molar-refractivity contribution is 0.0751. The number of carbonyl (C=O) groups is 1. The molecule has 0 bridgehead atoms. The maximum Gasteiger partial charge on any atom is 0.289 e. The van der Waals surface area contributed by atoms with Crippen molar-refractivity contribution >= 4 is 11.6 Å². The molecule has 29 heavy (non-hydrogen) atoms. The zero-order valence-electron chi connectivity index (χ0n) is 16.6. The number of anilines is 1. The number of hydrogen-bond donors (Lipinski definition) is 0. The Kier molecular flexibility index (Phi) is 5.51. The quantitative estimate of drug-likeness (QED) is 0.647. The highest BCUT2D eigenvalue weighted by Crippen LogP contribution is 2.26. The van der Waals surface area contributed by atoms with Gasteiger partial charge in [0.15, 0.2) is 5.76 Å². The summed E-state index contributed by atoms with van der Waals surface area (Å²) in [6.07, 6.45) is 4.12. The number of rotatable bonds is 6. The second-order valence-electron chi connectivity index (χ2n) is 7.42. The number of hydrogen-bond acceptors (Lipinski definition) is 4. The van der Waals surface area contributed by atoms with Crippen LogP contribution >= 0.6 is 0 Å². The molecule has 0 atom stereocenters. The van der Waals surface area contributed by atoms with Crippen molar-refractivity contribution in [2.45, 2.75) is 25.9 Å². The van der Waals surface area contributed by atoms with Gasteiger partial charge in [0.1, 0.15) is 5.76 Å². The molecule has 4 rings (SSSR count). The van der Waals surface area contributed by atoms with E-state index < -0.39 is 0 Å². The lowest BCUT2D eigenvalue weighted by Crippen LogP contribution is -2.27. The average molecular weight is 391 g/mol. The largest absolute Gasteiger partial charge is 0.454 e. The van der Waals surface area contributed by atoms with Crippen molar-refractivity contribution in [1.29, 1.82) is 0 Å². The van der Waals surface area contributed by atoms with Crippen molar-refractivity contribution < 1.29 is 9.21 Å². The maximum atomic E-state index is 12.9. The SMILES string of the molecule is CN(Cc1ccccc1N1CCCC1)C(=O)c1ccc(Cn2ccccc2=O)o1. The van der Waals surface area contributed by atoms with Gasteiger partial charge in [-0.3, -0.25) is 9.59 Å². The van der Waals surface area contributed by atoms with Crippen LogP contribution in [0.1, 0.15) is 34.7 Å². The third kappa shape index (κ3) is 4.26. The van der Waals surface area contributed by atoms with Crippen LogP contribution in [0.25, 0.3) is 0 Å². The molecule has 0 N–H and O–H groups in total. The topological polar surface area (TPSA) is 58.7 Å². The lowest BCUT2D eigenvalue weighted by Gasteiger charge is -2.24. The van der Waals surface area contributed by atoms with Crippen molar-refractivity contribution in [1.82, 2.24) is 9.47 Å². The second-order valence-corrected chi connectivity index (χ2v) is 7.42. The minimum atomic E-state index is -0.173. The Morgan fingerprint density at radius 3 is 2.59 bits per heavy atom. The summed E-state index contributed by atoms with van der Waals surface area (Å²) in [6.45, 7) is 2.94. The van der Waals surface area contributed by atoms with E-state index in [9.17, 15) is 9.59 Å². The molecule has 3 aromatic rings. The molecule has 1 aliphatic heterocycles. The number of carbonyl (C=O) groups excluding carboxylic acids is 1. The van der Waals surface area contributed by atoms with Crippen molar-refractivity contribution in [3.63, 3.8) is 0 Å². The minimum absolute atomic E-state index is 0.104. The fourth-order valence-corrected chi connectivity index (χ4v) is 3.76. The van der Waals surface area contributed by atoms with E-state index in [0.717, 1.165) is 18.7 Å². The van der Waals surface area contributed by atoms with Gasteiger partial charge in [0.2, 0.25) is 0 Å². The second kappa shape index (κ2) is 8.39. The van der Waals surface area contributed by atoms with Crippen molar-refractivity contribution in [2.75, 3.05) is 25.0 Å². The molecule has 1 amide bonds. The third-order valence-electron chi connectivity index (χ3n) is 5.29. The van der Waals surface area contributed by atoms with Crippen LogP contribution in [0.3, 0.4) is 0 Å². The molecule has 6 heteroatoms. The van der Waals surface area contributed by atoms with E-state index in [-0.39, 0.29) is 17.2 Å². The molecule has 0 saturated carbocycles. The van der Waals surface area contributed by atoms with Crippen LogP contribution in [-0.4, -0.2) is 35.5 Å². The molecule has 1 fully saturated rings. The highest BCUT2D eigenvalue weighted by molar-refractivity contribution is 5.91. The number of aromatic nitrogens is 1. The Morgan fingerprint density at radius 1 is 1.03 bits per heavy atom. The van der Waals surface area contributed by atoms with Crippen LogP contribution in [0.2, 0.25) is 0 Å². The monoisotopic (exact) mass is 391 g/mol. The first-order valence-corrected chi connectivity index (χ1v) is 9.94. The zero-order valence-corrected chi connectivity index (χ0v) is 16.6. The highest BCUT2D eigenvalue weighted by atomic mass is 16.4. The van der Waals surface area contributed by atoms with Gasteiger partial charge in [-0.2, -0.15) is 0 Å². The van der Waals surface area contributed by atoms with Gasteiger partial charge in [-0.25, -0.2) is 0 Å². The van der Waals surface area contributed by atoms with Crippen molar-refractivity contribution in [3.05, 3.63) is 88.2 Å². The molecule has 0 radical (unpaired) electrons. The molecule has 1 saturated heterocycles. The number of para-hydroxylation sites is 1. The first-order valence-electron chi connectivity index (χ1n) is 9.94. The van der Waals surface area contributed by atoms with Crippen LogP contribution in [-0.2, 0) is 13.1 Å². The van der Waals surface area contributed by atoms with Crippen LogP contribution in [0.4, 0.5) is 5.69 Å². The van der Waals surface area contributed by atoms with E-state index in [4.69, 9.17) is 4.42 Å². The number of amides is 1. The van der Waals surface area contributed by atoms with E-state index >= 15 is 0 Å². The fourth-order valence-electron chi connectivity index (χ4n) is 3.76. The summed E-state index contributed by atoms with van der Waals surface area (Å²) in [5.74, 6) is 0.686. The zero-order chi connectivity index (χ0) is 20.2. The van der Waals surface area contributed by atoms with Crippen LogP contribution in [0, 0.1) is 0 Å². The van der Waals surface area contributed by atoms with E-state index in [1.54, 1.807) is 47.0 Å². The van der Waals surface area contributed by atoms with Gasteiger partial charge in [-0.15, -0.1) is 0 Å². The van der Waals surface area contributed by atoms with Crippen molar-refractivity contribution in [2.24, 2.45) is 0 Å². The molecular weight excluding hydrogens is 366 g/mol. The summed E-state index contributed by atoms with van der Waals surface area (Å²) < 4.78 is 7.28. The molecular formula is C23H25N3O3. The number of pyridine rings is 1. The van der Waals surface area contributed by atoms with E-state index in [0.29, 0.717) is 18.8 Å². The van der Waals surface area contributed by atoms with Gasteiger partial charge in [-0.1, -0.05) is 24.3 Å². The van der Waals surface area contributed by atoms with Crippen LogP contribution in [0.5, 0.6) is 0 Å². The smallest absolute Gasteiger partial charge is 0.289 e. The van der Waals surface area contributed by atoms with E-state index in [2.05, 4.69) is 17.0 Å². The number of furan rings is 1. The molecule has 1 aliphatic rings. The first kappa shape index (κ1) is 19.1. The Morgan fingerprint density at radius 2 is 1.79 bits per heavy atom. The van der Waals surface area contributed by atoms with Gasteiger partial charge in [0, 0.05) is 44.6 Å². The van der Waals surface area contributed by atoms with Gasteiger partial charge < -0.3 is 18.8 Å². The molecule has 6 nitrogen and oxygen atoms in total. The molecule has 0 aliphatic carbocycles. The first-order chi connectivity index (χ1) is 14.1. The Hall–Kier alpha value is -3.28. The molecule has 1 aromatic carbocycles. The van der Waals surface area contributed by atoms with Gasteiger partial charge in [0.25, 0.3) is 11.5 Å². The number of benzene rings is 1. The Bertz CT molecular complexity index is 1050. The standard InChI is InChI=1S/C23H25N3O3/c1-24(16-18-8-2-3-9-20(18)25-13-6-7-14-25)23(28)21-12-11-19(29-21)17-26-15-5-4-10-22(26)27/h2-5,8-12,15H,6-7,13-14,16-17H2,1H3. The molecule has 0 spiro atoms. The molecule has 0 unspecified atom stereocenters. The van der Waals surface area contributed by atoms with Crippen LogP contribution < -0.4 is 10.5 Å². The molecule has 3 heterocycles. The normalized spacial score (nSPS) is 13.6. The van der Waals surface area contributed by atoms with Gasteiger partial charge in [-0.05, 0) is 42.7 Å². The lowest BCUT2D eigenvalue weighted by atomic mass is 10.1. The predicted octanol–water partition coefficient (Wildman–Crippen LogP) is 3.36. The summed E-state index contributed by atoms with van der Waals surface area (Å²) in [4.78, 5) is 28.8. The van der Waals surface area contributed by atoms with E-state index in [1.165, 1.54) is 24.6 Å². The summed E-state index contributed by atoms with van der Waals surface area (Å²) in [5, 5.41) is 0. The third-order valence-corrected chi connectivity index (χ3v) is 5.29. The molecule has 2 aromatic heterocycles. The number of nitrogens with zero attached hydrogens (tertiary/aromatic N) is 3. The molecule has 150 valence electrons. The minimum Gasteiger partial charge on any atom is -0.454 e. The van der Waals surface area contributed by atoms with E-state index in [1.807, 2.05) is 12.1 Å². The van der Waals surface area contributed by atoms with Crippen molar-refractivity contribution in [3.8, 4) is 0 Å². The summed E-state index contributed by atoms with van der Waals surface area (Å²) in [6, 6.07) is 16.7. The van der Waals surface area contributed by atoms with Crippen LogP contribution in [0.15, 0.2) is 70.0 Å². The van der Waals surface area contributed by atoms with Gasteiger partial charge in [0.05, 0.1) is 6.54 Å². The Balaban J connectivity index is 1.46. The fraction of sp³-hybridized carbons (Fsp3) is 0.304. The summed E-state index contributed by atoms with van der Waals surface area (Å²) in [7, 11) is 1.78. The summed E-state index contributed by atoms with van der Waals surface area (Å²) >= 11 is 0. The highest BCUT2D eigenvalue weighted by Gasteiger charge is 2.20.